The van der Waals surface area contributed by atoms with E-state index in [0.717, 1.165) is 16.7 Å². The van der Waals surface area contributed by atoms with Crippen LogP contribution in [0.15, 0.2) is 61.1 Å². The van der Waals surface area contributed by atoms with Crippen molar-refractivity contribution in [2.75, 3.05) is 10.6 Å². The predicted octanol–water partition coefficient (Wildman–Crippen LogP) is 2.95. The molecule has 4 N–H and O–H groups in total. The van der Waals surface area contributed by atoms with Gasteiger partial charge in [0.25, 0.3) is 0 Å². The maximum atomic E-state index is 11.3. The second-order valence-corrected chi connectivity index (χ2v) is 6.02. The molecular formula is C19H17N7O. The molecule has 8 nitrogen and oxygen atoms in total. The summed E-state index contributed by atoms with van der Waals surface area (Å²) in [5.74, 6) is 0.559. The van der Waals surface area contributed by atoms with E-state index in [9.17, 15) is 4.79 Å². The number of nitrogens with one attached hydrogen (secondary N) is 2. The summed E-state index contributed by atoms with van der Waals surface area (Å²) in [6.45, 7) is 0. The number of amides is 1. The fourth-order valence-electron chi connectivity index (χ4n) is 2.72. The zero-order chi connectivity index (χ0) is 18.8. The predicted molar refractivity (Wildman–Crippen MR) is 104 cm³/mol. The number of imidazole rings is 1. The van der Waals surface area contributed by atoms with E-state index in [1.165, 1.54) is 0 Å². The monoisotopic (exact) mass is 359 g/mol. The highest BCUT2D eigenvalue weighted by Gasteiger charge is 2.05. The van der Waals surface area contributed by atoms with Crippen molar-refractivity contribution in [3.05, 3.63) is 66.6 Å². The van der Waals surface area contributed by atoms with E-state index in [1.54, 1.807) is 36.8 Å². The molecule has 0 saturated heterocycles. The lowest BCUT2D eigenvalue weighted by Crippen LogP contribution is -2.11. The number of hydrogen-bond donors (Lipinski definition) is 3. The molecule has 1 amide bonds. The Bertz CT molecular complexity index is 1140. The minimum Gasteiger partial charge on any atom is -0.366 e. The molecule has 0 spiro atoms. The first kappa shape index (κ1) is 16.5. The smallest absolute Gasteiger partial charge is 0.248 e. The molecule has 0 bridgehead atoms. The van der Waals surface area contributed by atoms with Crippen molar-refractivity contribution in [1.82, 2.24) is 19.5 Å². The van der Waals surface area contributed by atoms with Gasteiger partial charge < -0.3 is 20.9 Å². The number of hydrogen-bond acceptors (Lipinski definition) is 6. The van der Waals surface area contributed by atoms with Crippen molar-refractivity contribution < 1.29 is 4.79 Å². The van der Waals surface area contributed by atoms with Gasteiger partial charge in [-0.15, -0.1) is 0 Å². The van der Waals surface area contributed by atoms with Crippen LogP contribution in [0, 0.1) is 0 Å². The number of benzene rings is 2. The average Bonchev–Trinajstić information content (AvgIpc) is 3.03. The van der Waals surface area contributed by atoms with Crippen molar-refractivity contribution in [3.8, 4) is 0 Å². The van der Waals surface area contributed by atoms with Gasteiger partial charge in [-0.2, -0.15) is 4.98 Å². The minimum absolute atomic E-state index is 0.406. The molecule has 134 valence electrons. The van der Waals surface area contributed by atoms with E-state index in [-0.39, 0.29) is 0 Å². The number of nitrogens with two attached hydrogens (primary N) is 1. The van der Waals surface area contributed by atoms with Crippen molar-refractivity contribution in [2.24, 2.45) is 12.8 Å². The molecule has 27 heavy (non-hydrogen) atoms. The van der Waals surface area contributed by atoms with E-state index < -0.39 is 5.91 Å². The summed E-state index contributed by atoms with van der Waals surface area (Å²) in [7, 11) is 1.95. The molecule has 0 atom stereocenters. The second-order valence-electron chi connectivity index (χ2n) is 6.02. The highest BCUT2D eigenvalue weighted by atomic mass is 16.1. The summed E-state index contributed by atoms with van der Waals surface area (Å²) in [5, 5.41) is 6.34. The van der Waals surface area contributed by atoms with Crippen LogP contribution < -0.4 is 16.4 Å². The van der Waals surface area contributed by atoms with Crippen molar-refractivity contribution in [3.63, 3.8) is 0 Å². The first-order chi connectivity index (χ1) is 13.1. The zero-order valence-electron chi connectivity index (χ0n) is 14.5. The third-order valence-corrected chi connectivity index (χ3v) is 4.06. The van der Waals surface area contributed by atoms with Crippen LogP contribution in [0.4, 0.5) is 23.1 Å². The molecule has 0 radical (unpaired) electrons. The molecule has 8 heteroatoms. The molecule has 4 rings (SSSR count). The van der Waals surface area contributed by atoms with Crippen LogP contribution in [-0.2, 0) is 7.05 Å². The van der Waals surface area contributed by atoms with Crippen LogP contribution >= 0.6 is 0 Å². The molecule has 2 aromatic carbocycles. The third kappa shape index (κ3) is 3.54. The first-order valence-corrected chi connectivity index (χ1v) is 8.26. The molecule has 0 saturated carbocycles. The Morgan fingerprint density at radius 3 is 2.74 bits per heavy atom. The molecule has 0 aliphatic rings. The molecule has 2 heterocycles. The Hall–Kier alpha value is -3.94. The van der Waals surface area contributed by atoms with Gasteiger partial charge in [0.05, 0.1) is 17.4 Å². The Kier molecular flexibility index (Phi) is 4.13. The van der Waals surface area contributed by atoms with E-state index >= 15 is 0 Å². The normalized spacial score (nSPS) is 10.7. The Morgan fingerprint density at radius 2 is 1.89 bits per heavy atom. The quantitative estimate of drug-likeness (QED) is 0.505. The maximum Gasteiger partial charge on any atom is 0.248 e. The van der Waals surface area contributed by atoms with Gasteiger partial charge >= 0.3 is 0 Å². The number of rotatable bonds is 5. The van der Waals surface area contributed by atoms with Crippen LogP contribution in [0.2, 0.25) is 0 Å². The average molecular weight is 359 g/mol. The number of carbonyl (C=O) groups excluding carboxylic acids is 1. The fourth-order valence-corrected chi connectivity index (χ4v) is 2.72. The molecule has 4 aromatic rings. The van der Waals surface area contributed by atoms with Gasteiger partial charge in [0.1, 0.15) is 5.82 Å². The minimum atomic E-state index is -0.486. The summed E-state index contributed by atoms with van der Waals surface area (Å²) in [4.78, 5) is 24.3. The first-order valence-electron chi connectivity index (χ1n) is 8.26. The van der Waals surface area contributed by atoms with Gasteiger partial charge in [-0.1, -0.05) is 6.07 Å². The van der Waals surface area contributed by atoms with Crippen molar-refractivity contribution >= 4 is 40.1 Å². The third-order valence-electron chi connectivity index (χ3n) is 4.06. The van der Waals surface area contributed by atoms with Gasteiger partial charge in [-0.25, -0.2) is 9.97 Å². The molecule has 0 aliphatic heterocycles. The Balaban J connectivity index is 1.55. The summed E-state index contributed by atoms with van der Waals surface area (Å²) >= 11 is 0. The van der Waals surface area contributed by atoms with Gasteiger partial charge in [-0.05, 0) is 42.5 Å². The molecule has 0 fully saturated rings. The van der Waals surface area contributed by atoms with Crippen molar-refractivity contribution in [2.45, 2.75) is 0 Å². The SMILES string of the molecule is Cn1cnc2ccc(Nc3ccnc(Nc4cccc(C(N)=O)c4)n3)cc21. The summed E-state index contributed by atoms with van der Waals surface area (Å²) < 4.78 is 1.96. The number of aryl methyl sites for hydroxylation is 1. The summed E-state index contributed by atoms with van der Waals surface area (Å²) in [6.07, 6.45) is 3.43. The number of primary amides is 1. The van der Waals surface area contributed by atoms with E-state index in [4.69, 9.17) is 5.73 Å². The Labute approximate surface area is 155 Å². The molecular weight excluding hydrogens is 342 g/mol. The lowest BCUT2D eigenvalue weighted by Gasteiger charge is -2.09. The lowest BCUT2D eigenvalue weighted by molar-refractivity contribution is 0.100. The molecule has 0 unspecified atom stereocenters. The number of aromatic nitrogens is 4. The van der Waals surface area contributed by atoms with Gasteiger partial charge in [0.15, 0.2) is 0 Å². The highest BCUT2D eigenvalue weighted by molar-refractivity contribution is 5.93. The van der Waals surface area contributed by atoms with E-state index in [2.05, 4.69) is 25.6 Å². The van der Waals surface area contributed by atoms with Crippen LogP contribution in [0.25, 0.3) is 11.0 Å². The zero-order valence-corrected chi connectivity index (χ0v) is 14.5. The van der Waals surface area contributed by atoms with E-state index in [1.807, 2.05) is 35.9 Å². The summed E-state index contributed by atoms with van der Waals surface area (Å²) in [5.41, 5.74) is 9.26. The van der Waals surface area contributed by atoms with Gasteiger partial charge in [0, 0.05) is 30.2 Å². The van der Waals surface area contributed by atoms with Crippen LogP contribution in [0.3, 0.4) is 0 Å². The molecule has 2 aromatic heterocycles. The highest BCUT2D eigenvalue weighted by Crippen LogP contribution is 2.21. The van der Waals surface area contributed by atoms with Crippen LogP contribution in [0.1, 0.15) is 10.4 Å². The summed E-state index contributed by atoms with van der Waals surface area (Å²) in [6, 6.07) is 14.5. The molecule has 0 aliphatic carbocycles. The van der Waals surface area contributed by atoms with Gasteiger partial charge in [0.2, 0.25) is 11.9 Å². The van der Waals surface area contributed by atoms with Crippen LogP contribution in [0.5, 0.6) is 0 Å². The number of fused-ring (bicyclic) bond motifs is 1. The van der Waals surface area contributed by atoms with Crippen LogP contribution in [-0.4, -0.2) is 25.4 Å². The lowest BCUT2D eigenvalue weighted by atomic mass is 10.2. The topological polar surface area (TPSA) is 111 Å². The number of carbonyl (C=O) groups is 1. The fraction of sp³-hybridized carbons (Fsp3) is 0.0526. The van der Waals surface area contributed by atoms with Gasteiger partial charge in [-0.3, -0.25) is 4.79 Å². The number of nitrogens with zero attached hydrogens (tertiary/aromatic N) is 4. The Morgan fingerprint density at radius 1 is 1.04 bits per heavy atom. The maximum absolute atomic E-state index is 11.3. The van der Waals surface area contributed by atoms with E-state index in [0.29, 0.717) is 23.0 Å². The largest absolute Gasteiger partial charge is 0.366 e. The second kappa shape index (κ2) is 6.75. The number of anilines is 4. The van der Waals surface area contributed by atoms with Crippen molar-refractivity contribution in [1.29, 1.82) is 0 Å². The standard InChI is InChI=1S/C19H17N7O/c1-26-11-22-15-6-5-14(10-16(15)26)23-17-7-8-21-19(25-17)24-13-4-2-3-12(9-13)18(20)27/h2-11H,1H3,(H2,20,27)(H2,21,23,24,25).